The van der Waals surface area contributed by atoms with Gasteiger partial charge in [0.05, 0.1) is 41.4 Å². The highest BCUT2D eigenvalue weighted by Gasteiger charge is 2.31. The Kier molecular flexibility index (Phi) is 6.47. The molecule has 168 valence electrons. The van der Waals surface area contributed by atoms with Crippen molar-refractivity contribution < 1.29 is 24.1 Å². The minimum absolute atomic E-state index is 0.00211. The van der Waals surface area contributed by atoms with Crippen LogP contribution in [0.1, 0.15) is 29.2 Å². The number of pyridine rings is 1. The van der Waals surface area contributed by atoms with Crippen molar-refractivity contribution in [2.24, 2.45) is 0 Å². The van der Waals surface area contributed by atoms with Crippen LogP contribution in [0.5, 0.6) is 0 Å². The minimum Gasteiger partial charge on any atom is -0.477 e. The van der Waals surface area contributed by atoms with E-state index >= 15 is 4.39 Å². The maximum Gasteiger partial charge on any atom is 0.341 e. The quantitative estimate of drug-likeness (QED) is 0.590. The van der Waals surface area contributed by atoms with Crippen molar-refractivity contribution in [3.63, 3.8) is 0 Å². The molecule has 2 aliphatic rings. The van der Waals surface area contributed by atoms with Gasteiger partial charge in [-0.25, -0.2) is 9.18 Å². The Bertz CT molecular complexity index is 1050. The lowest BCUT2D eigenvalue weighted by atomic mass is 10.1. The van der Waals surface area contributed by atoms with Crippen molar-refractivity contribution in [3.8, 4) is 0 Å². The number of hydrogen-bond acceptors (Lipinski definition) is 6. The van der Waals surface area contributed by atoms with Gasteiger partial charge in [-0.1, -0.05) is 11.6 Å². The number of piperazine rings is 1. The number of aromatic carboxylic acids is 1. The van der Waals surface area contributed by atoms with Crippen molar-refractivity contribution in [1.82, 2.24) is 9.47 Å². The van der Waals surface area contributed by atoms with Crippen molar-refractivity contribution in [1.29, 1.82) is 0 Å². The largest absolute Gasteiger partial charge is 0.477 e. The lowest BCUT2D eigenvalue weighted by molar-refractivity contribution is 0.0695. The molecule has 0 radical (unpaired) electrons. The predicted octanol–water partition coefficient (Wildman–Crippen LogP) is 1.96. The van der Waals surface area contributed by atoms with Crippen LogP contribution in [0.4, 0.5) is 10.1 Å². The molecule has 1 aromatic heterocycles. The first kappa shape index (κ1) is 22.0. The average Bonchev–Trinajstić information content (AvgIpc) is 3.58. The van der Waals surface area contributed by atoms with E-state index in [0.29, 0.717) is 44.9 Å². The zero-order valence-electron chi connectivity index (χ0n) is 17.0. The Labute approximate surface area is 183 Å². The molecule has 10 heteroatoms. The second-order valence-corrected chi connectivity index (χ2v) is 8.28. The first-order chi connectivity index (χ1) is 14.9. The lowest BCUT2D eigenvalue weighted by Gasteiger charge is -2.36. The molecule has 0 bridgehead atoms. The van der Waals surface area contributed by atoms with Crippen molar-refractivity contribution in [2.75, 3.05) is 57.4 Å². The van der Waals surface area contributed by atoms with Crippen LogP contribution in [-0.4, -0.2) is 78.2 Å². The Hall–Kier alpha value is -2.20. The van der Waals surface area contributed by atoms with Gasteiger partial charge in [0.2, 0.25) is 5.43 Å². The van der Waals surface area contributed by atoms with Crippen LogP contribution >= 0.6 is 11.6 Å². The second kappa shape index (κ2) is 9.12. The molecule has 2 N–H and O–H groups in total. The molecule has 2 fully saturated rings. The monoisotopic (exact) mass is 453 g/mol. The number of carboxylic acid groups (broad SMARTS) is 1. The van der Waals surface area contributed by atoms with Gasteiger partial charge >= 0.3 is 5.97 Å². The van der Waals surface area contributed by atoms with Crippen molar-refractivity contribution in [3.05, 3.63) is 38.9 Å². The van der Waals surface area contributed by atoms with E-state index in [2.05, 4.69) is 4.90 Å². The molecule has 1 aromatic carbocycles. The molecule has 0 amide bonds. The highest BCUT2D eigenvalue weighted by Crippen LogP contribution is 2.42. The van der Waals surface area contributed by atoms with Crippen LogP contribution in [-0.2, 0) is 4.74 Å². The third-order valence-electron chi connectivity index (χ3n) is 5.83. The van der Waals surface area contributed by atoms with Crippen LogP contribution in [0.25, 0.3) is 10.9 Å². The van der Waals surface area contributed by atoms with Crippen LogP contribution in [0.3, 0.4) is 0 Å². The summed E-state index contributed by atoms with van der Waals surface area (Å²) in [6.07, 6.45) is 3.05. The highest BCUT2D eigenvalue weighted by molar-refractivity contribution is 6.38. The molecule has 1 saturated carbocycles. The number of carbonyl (C=O) groups is 1. The molecule has 4 rings (SSSR count). The predicted molar refractivity (Wildman–Crippen MR) is 115 cm³/mol. The number of carboxylic acids is 1. The molecule has 2 aromatic rings. The first-order valence-corrected chi connectivity index (χ1v) is 10.8. The van der Waals surface area contributed by atoms with E-state index in [-0.39, 0.29) is 34.3 Å². The van der Waals surface area contributed by atoms with Crippen molar-refractivity contribution in [2.45, 2.75) is 18.9 Å². The van der Waals surface area contributed by atoms with E-state index in [0.717, 1.165) is 25.5 Å². The van der Waals surface area contributed by atoms with E-state index in [1.54, 1.807) is 4.57 Å². The fraction of sp³-hybridized carbons (Fsp3) is 0.524. The molecule has 0 atom stereocenters. The fourth-order valence-corrected chi connectivity index (χ4v) is 4.48. The van der Waals surface area contributed by atoms with Gasteiger partial charge in [-0.05, 0) is 18.9 Å². The van der Waals surface area contributed by atoms with Crippen LogP contribution in [0.2, 0.25) is 5.02 Å². The van der Waals surface area contributed by atoms with Gasteiger partial charge in [-0.3, -0.25) is 9.69 Å². The SMILES string of the molecule is O=C(O)c1cn(C2CC2)c2c(Cl)c(N3CCN(CCOCCO)CC3)c(F)cc2c1=O. The zero-order chi connectivity index (χ0) is 22.1. The van der Waals surface area contributed by atoms with Gasteiger partial charge in [-0.15, -0.1) is 0 Å². The summed E-state index contributed by atoms with van der Waals surface area (Å²) in [5.41, 5.74) is -0.447. The van der Waals surface area contributed by atoms with Crippen molar-refractivity contribution >= 4 is 34.2 Å². The molecule has 31 heavy (non-hydrogen) atoms. The summed E-state index contributed by atoms with van der Waals surface area (Å²) in [6.45, 7) is 4.06. The van der Waals surface area contributed by atoms with E-state index in [1.807, 2.05) is 4.90 Å². The summed E-state index contributed by atoms with van der Waals surface area (Å²) in [5.74, 6) is -1.96. The summed E-state index contributed by atoms with van der Waals surface area (Å²) >= 11 is 6.67. The smallest absolute Gasteiger partial charge is 0.341 e. The topological polar surface area (TPSA) is 95.2 Å². The zero-order valence-corrected chi connectivity index (χ0v) is 17.8. The number of nitrogens with zero attached hydrogens (tertiary/aromatic N) is 3. The number of rotatable bonds is 8. The molecule has 8 nitrogen and oxygen atoms in total. The molecule has 0 spiro atoms. The van der Waals surface area contributed by atoms with Crippen LogP contribution in [0.15, 0.2) is 17.1 Å². The lowest BCUT2D eigenvalue weighted by Crippen LogP contribution is -2.47. The van der Waals surface area contributed by atoms with Crippen LogP contribution < -0.4 is 10.3 Å². The number of hydrogen-bond donors (Lipinski definition) is 2. The molecular weight excluding hydrogens is 429 g/mol. The standard InChI is InChI=1S/C21H25ClFN3O5/c22-17-18-14(20(28)15(21(29)30)12-26(18)13-1-2-13)11-16(23)19(17)25-5-3-24(4-6-25)7-9-31-10-8-27/h11-13,27H,1-10H2,(H,29,30). The molecule has 2 heterocycles. The Morgan fingerprint density at radius 3 is 2.55 bits per heavy atom. The summed E-state index contributed by atoms with van der Waals surface area (Å²) in [7, 11) is 0. The summed E-state index contributed by atoms with van der Waals surface area (Å²) in [4.78, 5) is 28.3. The van der Waals surface area contributed by atoms with Gasteiger partial charge in [0.1, 0.15) is 11.4 Å². The maximum atomic E-state index is 15.1. The molecule has 1 aliphatic carbocycles. The maximum absolute atomic E-state index is 15.1. The minimum atomic E-state index is -1.33. The van der Waals surface area contributed by atoms with Crippen LogP contribution in [0, 0.1) is 5.82 Å². The third kappa shape index (κ3) is 4.41. The highest BCUT2D eigenvalue weighted by atomic mass is 35.5. The fourth-order valence-electron chi connectivity index (χ4n) is 4.07. The number of aliphatic hydroxyl groups is 1. The molecular formula is C21H25ClFN3O5. The Morgan fingerprint density at radius 2 is 1.94 bits per heavy atom. The van der Waals surface area contributed by atoms with Gasteiger partial charge in [-0.2, -0.15) is 0 Å². The molecule has 1 aliphatic heterocycles. The first-order valence-electron chi connectivity index (χ1n) is 10.4. The van der Waals surface area contributed by atoms with E-state index in [9.17, 15) is 14.7 Å². The number of halogens is 2. The van der Waals surface area contributed by atoms with Gasteiger partial charge in [0.15, 0.2) is 0 Å². The van der Waals surface area contributed by atoms with Gasteiger partial charge < -0.3 is 24.4 Å². The number of aliphatic hydroxyl groups excluding tert-OH is 1. The average molecular weight is 454 g/mol. The normalized spacial score (nSPS) is 17.5. The van der Waals surface area contributed by atoms with Gasteiger partial charge in [0.25, 0.3) is 0 Å². The third-order valence-corrected chi connectivity index (χ3v) is 6.19. The Morgan fingerprint density at radius 1 is 1.23 bits per heavy atom. The van der Waals surface area contributed by atoms with E-state index < -0.39 is 17.2 Å². The summed E-state index contributed by atoms with van der Waals surface area (Å²) < 4.78 is 22.2. The number of ether oxygens (including phenoxy) is 1. The van der Waals surface area contributed by atoms with E-state index in [4.69, 9.17) is 21.4 Å². The number of anilines is 1. The molecule has 1 saturated heterocycles. The summed E-state index contributed by atoms with van der Waals surface area (Å²) in [5, 5.41) is 18.3. The number of aromatic nitrogens is 1. The number of fused-ring (bicyclic) bond motifs is 1. The summed E-state index contributed by atoms with van der Waals surface area (Å²) in [6, 6.07) is 1.19. The molecule has 0 unspecified atom stereocenters. The second-order valence-electron chi connectivity index (χ2n) is 7.90. The van der Waals surface area contributed by atoms with E-state index in [1.165, 1.54) is 6.20 Å². The van der Waals surface area contributed by atoms with Gasteiger partial charge in [0, 0.05) is 45.0 Å². The number of benzene rings is 1. The Balaban J connectivity index is 1.64.